The molecule has 148 valence electrons. The van der Waals surface area contributed by atoms with Gasteiger partial charge in [-0.05, 0) is 25.0 Å². The third-order valence-corrected chi connectivity index (χ3v) is 7.20. The van der Waals surface area contributed by atoms with Gasteiger partial charge in [0.15, 0.2) is 5.82 Å². The number of nitrogens with one attached hydrogen (secondary N) is 1. The van der Waals surface area contributed by atoms with E-state index in [2.05, 4.69) is 28.6 Å². The third kappa shape index (κ3) is 3.10. The number of benzene rings is 1. The van der Waals surface area contributed by atoms with Gasteiger partial charge in [-0.15, -0.1) is 0 Å². The van der Waals surface area contributed by atoms with E-state index in [4.69, 9.17) is 4.52 Å². The lowest BCUT2D eigenvalue weighted by Crippen LogP contribution is -2.36. The van der Waals surface area contributed by atoms with Crippen molar-refractivity contribution in [3.63, 3.8) is 0 Å². The molecule has 2 aromatic heterocycles. The van der Waals surface area contributed by atoms with E-state index in [9.17, 15) is 8.42 Å². The average molecular weight is 401 g/mol. The van der Waals surface area contributed by atoms with Crippen LogP contribution in [0.2, 0.25) is 0 Å². The summed E-state index contributed by atoms with van der Waals surface area (Å²) in [4.78, 5) is 0.237. The van der Waals surface area contributed by atoms with Gasteiger partial charge in [0.25, 0.3) is 0 Å². The maximum absolute atomic E-state index is 13.1. The standard InChI is InChI=1S/C19H23N5O3S/c1-4-14-7-5-6-8-16(14)21-19-15-12-24(10-9-17(15)27-22-19)28(25,26)18-11-20-23(3)13(18)2/h5-8,11H,4,9-10,12H2,1-3H3,(H,21,22). The van der Waals surface area contributed by atoms with Crippen LogP contribution in [0, 0.1) is 6.92 Å². The molecular formula is C19H23N5O3S. The number of fused-ring (bicyclic) bond motifs is 1. The predicted octanol–water partition coefficient (Wildman–Crippen LogP) is 2.77. The van der Waals surface area contributed by atoms with Gasteiger partial charge in [0.1, 0.15) is 10.7 Å². The number of sulfonamides is 1. The second-order valence-electron chi connectivity index (χ2n) is 6.88. The van der Waals surface area contributed by atoms with Crippen LogP contribution in [-0.4, -0.2) is 34.2 Å². The van der Waals surface area contributed by atoms with Gasteiger partial charge in [0.05, 0.1) is 17.5 Å². The Balaban J connectivity index is 1.64. The SMILES string of the molecule is CCc1ccccc1Nc1noc2c1CN(S(=O)(=O)c1cnn(C)c1C)CC2. The Labute approximate surface area is 164 Å². The van der Waals surface area contributed by atoms with Crippen molar-refractivity contribution in [3.05, 3.63) is 53.0 Å². The van der Waals surface area contributed by atoms with Crippen LogP contribution in [0.3, 0.4) is 0 Å². The Kier molecular flexibility index (Phi) is 4.72. The minimum absolute atomic E-state index is 0.214. The lowest BCUT2D eigenvalue weighted by Gasteiger charge is -2.25. The van der Waals surface area contributed by atoms with Crippen molar-refractivity contribution in [2.75, 3.05) is 11.9 Å². The molecule has 0 bridgehead atoms. The largest absolute Gasteiger partial charge is 0.359 e. The van der Waals surface area contributed by atoms with Gasteiger partial charge in [-0.25, -0.2) is 8.42 Å². The predicted molar refractivity (Wildman–Crippen MR) is 105 cm³/mol. The van der Waals surface area contributed by atoms with Crippen molar-refractivity contribution in [1.29, 1.82) is 0 Å². The first-order valence-electron chi connectivity index (χ1n) is 9.23. The lowest BCUT2D eigenvalue weighted by atomic mass is 10.1. The quantitative estimate of drug-likeness (QED) is 0.707. The van der Waals surface area contributed by atoms with Crippen molar-refractivity contribution in [2.24, 2.45) is 7.05 Å². The number of anilines is 2. The van der Waals surface area contributed by atoms with Crippen LogP contribution in [0.1, 0.15) is 29.5 Å². The average Bonchev–Trinajstić information content (AvgIpc) is 3.25. The van der Waals surface area contributed by atoms with Crippen LogP contribution < -0.4 is 5.32 Å². The van der Waals surface area contributed by atoms with Crippen molar-refractivity contribution in [3.8, 4) is 0 Å². The van der Waals surface area contributed by atoms with Crippen LogP contribution in [0.4, 0.5) is 11.5 Å². The van der Waals surface area contributed by atoms with Gasteiger partial charge < -0.3 is 9.84 Å². The number of rotatable bonds is 5. The van der Waals surface area contributed by atoms with E-state index < -0.39 is 10.0 Å². The van der Waals surface area contributed by atoms with Crippen molar-refractivity contribution in [2.45, 2.75) is 38.1 Å². The van der Waals surface area contributed by atoms with Crippen LogP contribution in [0.5, 0.6) is 0 Å². The van der Waals surface area contributed by atoms with Crippen molar-refractivity contribution >= 4 is 21.5 Å². The van der Waals surface area contributed by atoms with Crippen molar-refractivity contribution < 1.29 is 12.9 Å². The Morgan fingerprint density at radius 3 is 2.79 bits per heavy atom. The summed E-state index contributed by atoms with van der Waals surface area (Å²) in [5, 5.41) is 11.5. The Morgan fingerprint density at radius 1 is 1.29 bits per heavy atom. The fourth-order valence-electron chi connectivity index (χ4n) is 3.44. The number of nitrogens with zero attached hydrogens (tertiary/aromatic N) is 4. The van der Waals surface area contributed by atoms with Crippen LogP contribution in [-0.2, 0) is 36.5 Å². The summed E-state index contributed by atoms with van der Waals surface area (Å²) in [5.74, 6) is 1.30. The normalized spacial score (nSPS) is 14.8. The summed E-state index contributed by atoms with van der Waals surface area (Å²) in [6.45, 7) is 4.41. The molecule has 9 heteroatoms. The molecule has 1 aliphatic heterocycles. The van der Waals surface area contributed by atoms with Crippen LogP contribution >= 0.6 is 0 Å². The number of aryl methyl sites for hydroxylation is 2. The van der Waals surface area contributed by atoms with E-state index in [1.54, 1.807) is 18.7 Å². The lowest BCUT2D eigenvalue weighted by molar-refractivity contribution is 0.331. The molecule has 0 amide bonds. The minimum atomic E-state index is -3.64. The Hall–Kier alpha value is -2.65. The summed E-state index contributed by atoms with van der Waals surface area (Å²) < 4.78 is 34.8. The zero-order valence-corrected chi connectivity index (χ0v) is 17.0. The molecule has 0 aliphatic carbocycles. The Morgan fingerprint density at radius 2 is 2.07 bits per heavy atom. The van der Waals surface area contributed by atoms with Gasteiger partial charge in [-0.1, -0.05) is 30.3 Å². The summed E-state index contributed by atoms with van der Waals surface area (Å²) >= 11 is 0. The number of hydrogen-bond donors (Lipinski definition) is 1. The van der Waals surface area contributed by atoms with E-state index in [0.29, 0.717) is 24.5 Å². The highest BCUT2D eigenvalue weighted by Gasteiger charge is 2.34. The molecule has 28 heavy (non-hydrogen) atoms. The summed E-state index contributed by atoms with van der Waals surface area (Å²) in [6, 6.07) is 7.98. The molecule has 0 spiro atoms. The molecule has 1 aliphatic rings. The minimum Gasteiger partial charge on any atom is -0.359 e. The molecule has 0 saturated heterocycles. The fourth-order valence-corrected chi connectivity index (χ4v) is 5.03. The summed E-state index contributed by atoms with van der Waals surface area (Å²) in [7, 11) is -1.91. The molecule has 0 fully saturated rings. The molecular weight excluding hydrogens is 378 g/mol. The first-order valence-corrected chi connectivity index (χ1v) is 10.7. The Bertz CT molecular complexity index is 1120. The van der Waals surface area contributed by atoms with E-state index in [1.807, 2.05) is 18.2 Å². The van der Waals surface area contributed by atoms with E-state index in [1.165, 1.54) is 10.5 Å². The highest BCUT2D eigenvalue weighted by Crippen LogP contribution is 2.32. The molecule has 3 aromatic rings. The molecule has 8 nitrogen and oxygen atoms in total. The molecule has 0 atom stereocenters. The molecule has 0 radical (unpaired) electrons. The zero-order chi connectivity index (χ0) is 19.9. The third-order valence-electron chi connectivity index (χ3n) is 5.25. The fraction of sp³-hybridized carbons (Fsp3) is 0.368. The second-order valence-corrected chi connectivity index (χ2v) is 8.78. The monoisotopic (exact) mass is 401 g/mol. The maximum atomic E-state index is 13.1. The highest BCUT2D eigenvalue weighted by atomic mass is 32.2. The van der Waals surface area contributed by atoms with Crippen molar-refractivity contribution in [1.82, 2.24) is 19.2 Å². The molecule has 1 N–H and O–H groups in total. The van der Waals surface area contributed by atoms with E-state index in [-0.39, 0.29) is 11.4 Å². The van der Waals surface area contributed by atoms with E-state index in [0.717, 1.165) is 29.0 Å². The smallest absolute Gasteiger partial charge is 0.246 e. The summed E-state index contributed by atoms with van der Waals surface area (Å²) in [6.07, 6.45) is 2.77. The molecule has 0 saturated carbocycles. The molecule has 1 aromatic carbocycles. The summed E-state index contributed by atoms with van der Waals surface area (Å²) in [5.41, 5.74) is 3.50. The number of hydrogen-bond acceptors (Lipinski definition) is 6. The topological polar surface area (TPSA) is 93.3 Å². The number of para-hydroxylation sites is 1. The first-order chi connectivity index (χ1) is 13.4. The highest BCUT2D eigenvalue weighted by molar-refractivity contribution is 7.89. The van der Waals surface area contributed by atoms with Gasteiger partial charge in [-0.2, -0.15) is 9.40 Å². The zero-order valence-electron chi connectivity index (χ0n) is 16.1. The molecule has 3 heterocycles. The van der Waals surface area contributed by atoms with Gasteiger partial charge >= 0.3 is 0 Å². The van der Waals surface area contributed by atoms with Gasteiger partial charge in [-0.3, -0.25) is 4.68 Å². The molecule has 0 unspecified atom stereocenters. The van der Waals surface area contributed by atoms with Gasteiger partial charge in [0.2, 0.25) is 10.0 Å². The van der Waals surface area contributed by atoms with E-state index >= 15 is 0 Å². The number of aromatic nitrogens is 3. The second kappa shape index (κ2) is 7.06. The van der Waals surface area contributed by atoms with Crippen LogP contribution in [0.15, 0.2) is 39.9 Å². The first kappa shape index (κ1) is 18.7. The van der Waals surface area contributed by atoms with Crippen LogP contribution in [0.25, 0.3) is 0 Å². The van der Waals surface area contributed by atoms with Gasteiger partial charge in [0, 0.05) is 32.2 Å². The molecule has 4 rings (SSSR count). The maximum Gasteiger partial charge on any atom is 0.246 e.